The van der Waals surface area contributed by atoms with E-state index in [-0.39, 0.29) is 30.7 Å². The van der Waals surface area contributed by atoms with Crippen molar-refractivity contribution in [1.82, 2.24) is 5.32 Å². The van der Waals surface area contributed by atoms with Crippen molar-refractivity contribution in [1.29, 1.82) is 0 Å². The Balaban J connectivity index is 1.28. The van der Waals surface area contributed by atoms with Crippen LogP contribution in [0.25, 0.3) is 0 Å². The van der Waals surface area contributed by atoms with E-state index in [9.17, 15) is 14.4 Å². The van der Waals surface area contributed by atoms with Crippen molar-refractivity contribution in [3.05, 3.63) is 83.4 Å². The summed E-state index contributed by atoms with van der Waals surface area (Å²) < 4.78 is 10.9. The molecule has 8 heteroatoms. The molecule has 1 atom stereocenters. The molecule has 8 nitrogen and oxygen atoms in total. The van der Waals surface area contributed by atoms with E-state index < -0.39 is 5.92 Å². The van der Waals surface area contributed by atoms with Crippen molar-refractivity contribution in [2.75, 3.05) is 30.5 Å². The monoisotopic (exact) mass is 501 g/mol. The van der Waals surface area contributed by atoms with Gasteiger partial charge in [-0.2, -0.15) is 0 Å². The summed E-state index contributed by atoms with van der Waals surface area (Å²) in [6.45, 7) is 4.44. The first-order valence-electron chi connectivity index (χ1n) is 12.1. The number of hydrogen-bond donors (Lipinski definition) is 2. The molecule has 192 valence electrons. The topological polar surface area (TPSA) is 97.0 Å². The van der Waals surface area contributed by atoms with Crippen LogP contribution in [0.3, 0.4) is 0 Å². The van der Waals surface area contributed by atoms with Crippen LogP contribution < -0.4 is 25.0 Å². The third-order valence-electron chi connectivity index (χ3n) is 6.17. The van der Waals surface area contributed by atoms with Crippen molar-refractivity contribution in [3.63, 3.8) is 0 Å². The van der Waals surface area contributed by atoms with Crippen LogP contribution in [0, 0.1) is 19.8 Å². The smallest absolute Gasteiger partial charge is 0.262 e. The zero-order valence-electron chi connectivity index (χ0n) is 21.2. The van der Waals surface area contributed by atoms with E-state index >= 15 is 0 Å². The number of aryl methyl sites for hydroxylation is 2. The van der Waals surface area contributed by atoms with E-state index in [4.69, 9.17) is 9.47 Å². The van der Waals surface area contributed by atoms with E-state index in [0.29, 0.717) is 30.3 Å². The maximum absolute atomic E-state index is 12.7. The lowest BCUT2D eigenvalue weighted by Gasteiger charge is -2.17. The Kier molecular flexibility index (Phi) is 8.08. The van der Waals surface area contributed by atoms with Gasteiger partial charge in [0.05, 0.1) is 13.0 Å². The first-order valence-corrected chi connectivity index (χ1v) is 12.1. The number of ether oxygens (including phenoxy) is 2. The molecule has 0 saturated carbocycles. The molecule has 0 unspecified atom stereocenters. The average Bonchev–Trinajstić information content (AvgIpc) is 3.27. The fourth-order valence-electron chi connectivity index (χ4n) is 4.42. The van der Waals surface area contributed by atoms with Gasteiger partial charge in [-0.25, -0.2) is 0 Å². The van der Waals surface area contributed by atoms with Gasteiger partial charge in [0.1, 0.15) is 11.5 Å². The molecule has 3 amide bonds. The highest BCUT2D eigenvalue weighted by atomic mass is 16.5. The normalized spacial score (nSPS) is 14.8. The number of nitrogens with one attached hydrogen (secondary N) is 2. The van der Waals surface area contributed by atoms with Crippen LogP contribution in [0.1, 0.15) is 23.1 Å². The van der Waals surface area contributed by atoms with E-state index in [1.165, 1.54) is 0 Å². The second-order valence-electron chi connectivity index (χ2n) is 9.14. The van der Waals surface area contributed by atoms with Crippen LogP contribution in [0.2, 0.25) is 0 Å². The minimum atomic E-state index is -0.438. The minimum Gasteiger partial charge on any atom is -0.496 e. The molecule has 3 aromatic rings. The van der Waals surface area contributed by atoms with Gasteiger partial charge in [0.25, 0.3) is 5.91 Å². The van der Waals surface area contributed by atoms with Crippen molar-refractivity contribution in [2.45, 2.75) is 26.8 Å². The molecule has 0 spiro atoms. The van der Waals surface area contributed by atoms with Crippen LogP contribution in [-0.4, -0.2) is 38.0 Å². The maximum Gasteiger partial charge on any atom is 0.262 e. The number of benzene rings is 3. The van der Waals surface area contributed by atoms with Crippen molar-refractivity contribution < 1.29 is 23.9 Å². The van der Waals surface area contributed by atoms with Gasteiger partial charge in [-0.15, -0.1) is 0 Å². The van der Waals surface area contributed by atoms with Gasteiger partial charge in [-0.1, -0.05) is 24.3 Å². The lowest BCUT2D eigenvalue weighted by Crippen LogP contribution is -2.32. The Labute approximate surface area is 216 Å². The highest BCUT2D eigenvalue weighted by Gasteiger charge is 2.35. The van der Waals surface area contributed by atoms with Gasteiger partial charge in [-0.3, -0.25) is 14.4 Å². The summed E-state index contributed by atoms with van der Waals surface area (Å²) in [5.74, 6) is 0.238. The molecule has 4 rings (SSSR count). The van der Waals surface area contributed by atoms with Crippen LogP contribution in [-0.2, 0) is 20.9 Å². The van der Waals surface area contributed by atoms with Crippen molar-refractivity contribution in [3.8, 4) is 11.5 Å². The second-order valence-corrected chi connectivity index (χ2v) is 9.14. The Hall–Kier alpha value is -4.33. The molecule has 0 aromatic heterocycles. The predicted molar refractivity (Wildman–Crippen MR) is 142 cm³/mol. The number of carbonyl (C=O) groups is 3. The van der Waals surface area contributed by atoms with E-state index in [1.54, 1.807) is 36.3 Å². The summed E-state index contributed by atoms with van der Waals surface area (Å²) in [6, 6.07) is 20.3. The molecule has 0 aliphatic carbocycles. The van der Waals surface area contributed by atoms with E-state index in [0.717, 1.165) is 22.4 Å². The highest BCUT2D eigenvalue weighted by Crippen LogP contribution is 2.27. The number of amides is 3. The molecule has 1 fully saturated rings. The SMILES string of the molecule is COc1ccccc1CNC(=O)[C@H]1CC(=O)N(c2ccc(OCC(=O)Nc3cc(C)cc(C)c3)cc2)C1. The first-order chi connectivity index (χ1) is 17.8. The van der Waals surface area contributed by atoms with Gasteiger partial charge in [-0.05, 0) is 67.4 Å². The van der Waals surface area contributed by atoms with Gasteiger partial charge in [0, 0.05) is 36.4 Å². The molecule has 1 aliphatic heterocycles. The number of hydrogen-bond acceptors (Lipinski definition) is 5. The summed E-state index contributed by atoms with van der Waals surface area (Å²) in [7, 11) is 1.59. The Bertz CT molecular complexity index is 1270. The fourth-order valence-corrected chi connectivity index (χ4v) is 4.42. The zero-order valence-corrected chi connectivity index (χ0v) is 21.2. The molecule has 1 heterocycles. The van der Waals surface area contributed by atoms with Crippen molar-refractivity contribution >= 4 is 29.1 Å². The van der Waals surface area contributed by atoms with E-state index in [1.807, 2.05) is 56.3 Å². The molecular weight excluding hydrogens is 470 g/mol. The maximum atomic E-state index is 12.7. The van der Waals surface area contributed by atoms with Gasteiger partial charge in [0.2, 0.25) is 11.8 Å². The fraction of sp³-hybridized carbons (Fsp3) is 0.276. The van der Waals surface area contributed by atoms with Crippen LogP contribution >= 0.6 is 0 Å². The minimum absolute atomic E-state index is 0.112. The largest absolute Gasteiger partial charge is 0.496 e. The number of para-hydroxylation sites is 1. The summed E-state index contributed by atoms with van der Waals surface area (Å²) in [4.78, 5) is 39.2. The van der Waals surface area contributed by atoms with Crippen molar-refractivity contribution in [2.24, 2.45) is 5.92 Å². The van der Waals surface area contributed by atoms with Gasteiger partial charge < -0.3 is 25.0 Å². The Morgan fingerprint density at radius 2 is 1.70 bits per heavy atom. The Morgan fingerprint density at radius 3 is 2.41 bits per heavy atom. The number of methoxy groups -OCH3 is 1. The quantitative estimate of drug-likeness (QED) is 0.462. The third-order valence-corrected chi connectivity index (χ3v) is 6.17. The van der Waals surface area contributed by atoms with Gasteiger partial charge in [0.15, 0.2) is 6.61 Å². The summed E-state index contributed by atoms with van der Waals surface area (Å²) >= 11 is 0. The molecular formula is C29H31N3O5. The molecule has 0 bridgehead atoms. The lowest BCUT2D eigenvalue weighted by atomic mass is 10.1. The number of rotatable bonds is 9. The van der Waals surface area contributed by atoms with Crippen LogP contribution in [0.5, 0.6) is 11.5 Å². The van der Waals surface area contributed by atoms with Crippen LogP contribution in [0.4, 0.5) is 11.4 Å². The average molecular weight is 502 g/mol. The Morgan fingerprint density at radius 1 is 1.00 bits per heavy atom. The molecule has 3 aromatic carbocycles. The number of anilines is 2. The standard InChI is InChI=1S/C29H31N3O5/c1-19-12-20(2)14-23(13-19)31-27(33)18-37-25-10-8-24(9-11-25)32-17-22(15-28(32)34)29(35)30-16-21-6-4-5-7-26(21)36-3/h4-14,22H,15-18H2,1-3H3,(H,30,35)(H,31,33)/t22-/m0/s1. The number of nitrogens with zero attached hydrogens (tertiary/aromatic N) is 1. The molecule has 37 heavy (non-hydrogen) atoms. The van der Waals surface area contributed by atoms with Gasteiger partial charge >= 0.3 is 0 Å². The second kappa shape index (κ2) is 11.6. The van der Waals surface area contributed by atoms with Crippen LogP contribution in [0.15, 0.2) is 66.7 Å². The molecule has 1 saturated heterocycles. The molecule has 2 N–H and O–H groups in total. The highest BCUT2D eigenvalue weighted by molar-refractivity contribution is 6.00. The molecule has 0 radical (unpaired) electrons. The molecule has 1 aliphatic rings. The summed E-state index contributed by atoms with van der Waals surface area (Å²) in [5.41, 5.74) is 4.42. The first kappa shape index (κ1) is 25.8. The summed E-state index contributed by atoms with van der Waals surface area (Å²) in [5, 5.41) is 5.75. The number of carbonyl (C=O) groups excluding carboxylic acids is 3. The predicted octanol–water partition coefficient (Wildman–Crippen LogP) is 4.00. The lowest BCUT2D eigenvalue weighted by molar-refractivity contribution is -0.126. The zero-order chi connectivity index (χ0) is 26.4. The summed E-state index contributed by atoms with van der Waals surface area (Å²) in [6.07, 6.45) is 0.147. The van der Waals surface area contributed by atoms with E-state index in [2.05, 4.69) is 10.6 Å². The third kappa shape index (κ3) is 6.67.